The number of halogens is 3. The predicted molar refractivity (Wildman–Crippen MR) is 90.3 cm³/mol. The number of benzene rings is 1. The predicted octanol–water partition coefficient (Wildman–Crippen LogP) is 3.29. The number of hydrogen-bond donors (Lipinski definition) is 3. The highest BCUT2D eigenvalue weighted by molar-refractivity contribution is 5.77. The first kappa shape index (κ1) is 18.1. The number of alkyl halides is 3. The molecule has 1 atom stereocenters. The Labute approximate surface area is 147 Å². The van der Waals surface area contributed by atoms with Crippen molar-refractivity contribution in [1.29, 1.82) is 0 Å². The van der Waals surface area contributed by atoms with E-state index in [9.17, 15) is 13.2 Å². The number of nitrogens with zero attached hydrogens (tertiary/aromatic N) is 2. The summed E-state index contributed by atoms with van der Waals surface area (Å²) >= 11 is 0. The second-order valence-corrected chi connectivity index (χ2v) is 5.70. The molecule has 1 aliphatic heterocycles. The minimum atomic E-state index is -4.73. The highest BCUT2D eigenvalue weighted by Crippen LogP contribution is 2.28. The Bertz CT molecular complexity index is 734. The minimum Gasteiger partial charge on any atom is -0.406 e. The van der Waals surface area contributed by atoms with Gasteiger partial charge in [-0.05, 0) is 37.1 Å². The molecule has 0 amide bonds. The van der Waals surface area contributed by atoms with Gasteiger partial charge in [-0.3, -0.25) is 0 Å². The van der Waals surface area contributed by atoms with E-state index in [1.54, 1.807) is 0 Å². The van der Waals surface area contributed by atoms with Crippen molar-refractivity contribution >= 4 is 23.0 Å². The van der Waals surface area contributed by atoms with Gasteiger partial charge in [0.2, 0.25) is 0 Å². The van der Waals surface area contributed by atoms with Crippen LogP contribution < -0.4 is 21.1 Å². The molecule has 1 aromatic carbocycles. The summed E-state index contributed by atoms with van der Waals surface area (Å²) in [6, 6.07) is 5.26. The van der Waals surface area contributed by atoms with E-state index in [0.717, 1.165) is 19.4 Å². The van der Waals surface area contributed by atoms with Gasteiger partial charge in [-0.25, -0.2) is 9.97 Å². The lowest BCUT2D eigenvalue weighted by atomic mass is 10.2. The molecule has 4 N–H and O–H groups in total. The van der Waals surface area contributed by atoms with Gasteiger partial charge in [0.1, 0.15) is 17.8 Å². The zero-order valence-electron chi connectivity index (χ0n) is 13.7. The second-order valence-electron chi connectivity index (χ2n) is 5.70. The zero-order chi connectivity index (χ0) is 18.6. The van der Waals surface area contributed by atoms with Crippen LogP contribution in [-0.4, -0.2) is 35.6 Å². The summed E-state index contributed by atoms with van der Waals surface area (Å²) in [6.07, 6.45) is -1.24. The third-order valence-electron chi connectivity index (χ3n) is 3.76. The molecule has 0 spiro atoms. The van der Waals surface area contributed by atoms with Gasteiger partial charge >= 0.3 is 6.36 Å². The SMILES string of the molecule is Nc1c(NCC2CCCO2)ncnc1Nc1ccc(OC(F)(F)F)cc1. The molecule has 2 heterocycles. The molecule has 1 unspecified atom stereocenters. The molecule has 7 nitrogen and oxygen atoms in total. The fourth-order valence-electron chi connectivity index (χ4n) is 2.53. The normalized spacial score (nSPS) is 17.1. The van der Waals surface area contributed by atoms with Crippen LogP contribution >= 0.6 is 0 Å². The number of nitrogens with one attached hydrogen (secondary N) is 2. The van der Waals surface area contributed by atoms with Crippen LogP contribution in [0.15, 0.2) is 30.6 Å². The smallest absolute Gasteiger partial charge is 0.406 e. The van der Waals surface area contributed by atoms with Crippen LogP contribution in [0.2, 0.25) is 0 Å². The maximum absolute atomic E-state index is 12.2. The van der Waals surface area contributed by atoms with E-state index in [4.69, 9.17) is 10.5 Å². The number of anilines is 4. The Morgan fingerprint density at radius 3 is 2.58 bits per heavy atom. The van der Waals surface area contributed by atoms with E-state index < -0.39 is 6.36 Å². The van der Waals surface area contributed by atoms with Crippen molar-refractivity contribution in [3.63, 3.8) is 0 Å². The Morgan fingerprint density at radius 1 is 1.19 bits per heavy atom. The molecule has 1 fully saturated rings. The van der Waals surface area contributed by atoms with E-state index in [2.05, 4.69) is 25.3 Å². The quantitative estimate of drug-likeness (QED) is 0.719. The number of ether oxygens (including phenoxy) is 2. The van der Waals surface area contributed by atoms with Crippen LogP contribution in [0, 0.1) is 0 Å². The highest BCUT2D eigenvalue weighted by Gasteiger charge is 2.30. The van der Waals surface area contributed by atoms with E-state index in [0.29, 0.717) is 29.6 Å². The van der Waals surface area contributed by atoms with Crippen molar-refractivity contribution in [1.82, 2.24) is 9.97 Å². The lowest BCUT2D eigenvalue weighted by Crippen LogP contribution is -2.20. The van der Waals surface area contributed by atoms with Gasteiger partial charge in [-0.1, -0.05) is 0 Å². The fourth-order valence-corrected chi connectivity index (χ4v) is 2.53. The lowest BCUT2D eigenvalue weighted by Gasteiger charge is -2.15. The number of rotatable bonds is 6. The van der Waals surface area contributed by atoms with Crippen molar-refractivity contribution < 1.29 is 22.6 Å². The molecule has 0 saturated carbocycles. The van der Waals surface area contributed by atoms with E-state index in [-0.39, 0.29) is 11.9 Å². The Balaban J connectivity index is 1.64. The van der Waals surface area contributed by atoms with Crippen molar-refractivity contribution in [3.05, 3.63) is 30.6 Å². The van der Waals surface area contributed by atoms with Gasteiger partial charge in [0.25, 0.3) is 0 Å². The molecule has 0 bridgehead atoms. The highest BCUT2D eigenvalue weighted by atomic mass is 19.4. The topological polar surface area (TPSA) is 94.3 Å². The van der Waals surface area contributed by atoms with Gasteiger partial charge in [0, 0.05) is 18.8 Å². The third kappa shape index (κ3) is 4.88. The first-order valence-corrected chi connectivity index (χ1v) is 7.99. The van der Waals surface area contributed by atoms with Crippen LogP contribution in [0.5, 0.6) is 5.75 Å². The van der Waals surface area contributed by atoms with E-state index in [1.165, 1.54) is 30.6 Å². The first-order chi connectivity index (χ1) is 12.4. The van der Waals surface area contributed by atoms with Crippen molar-refractivity contribution in [3.8, 4) is 5.75 Å². The van der Waals surface area contributed by atoms with Gasteiger partial charge in [0.15, 0.2) is 11.6 Å². The Morgan fingerprint density at radius 2 is 1.92 bits per heavy atom. The molecule has 1 aromatic heterocycles. The molecule has 1 aliphatic rings. The van der Waals surface area contributed by atoms with Crippen LogP contribution in [0.3, 0.4) is 0 Å². The molecule has 26 heavy (non-hydrogen) atoms. The molecule has 1 saturated heterocycles. The van der Waals surface area contributed by atoms with Gasteiger partial charge in [0.05, 0.1) is 6.10 Å². The average Bonchev–Trinajstić information content (AvgIpc) is 3.09. The Kier molecular flexibility index (Phi) is 5.31. The van der Waals surface area contributed by atoms with Crippen LogP contribution in [0.1, 0.15) is 12.8 Å². The second kappa shape index (κ2) is 7.65. The number of nitrogens with two attached hydrogens (primary N) is 1. The molecular formula is C16H18F3N5O2. The van der Waals surface area contributed by atoms with E-state index in [1.807, 2.05) is 0 Å². The van der Waals surface area contributed by atoms with Gasteiger partial charge in [-0.2, -0.15) is 0 Å². The summed E-state index contributed by atoms with van der Waals surface area (Å²) in [5.74, 6) is 0.506. The summed E-state index contributed by atoms with van der Waals surface area (Å²) in [4.78, 5) is 8.17. The van der Waals surface area contributed by atoms with Crippen molar-refractivity contribution in [2.24, 2.45) is 0 Å². The van der Waals surface area contributed by atoms with Crippen LogP contribution in [0.4, 0.5) is 36.2 Å². The summed E-state index contributed by atoms with van der Waals surface area (Å²) in [5, 5.41) is 6.08. The molecule has 0 radical (unpaired) electrons. The summed E-state index contributed by atoms with van der Waals surface area (Å²) in [7, 11) is 0. The van der Waals surface area contributed by atoms with Gasteiger partial charge < -0.3 is 25.8 Å². The first-order valence-electron chi connectivity index (χ1n) is 7.99. The molecule has 10 heteroatoms. The standard InChI is InChI=1S/C16H18F3N5O2/c17-16(18,19)26-11-5-3-10(4-6-11)24-15-13(20)14(22-9-23-15)21-8-12-2-1-7-25-12/h3-6,9,12H,1-2,7-8,20H2,(H2,21,22,23,24). The number of aromatic nitrogens is 2. The average molecular weight is 369 g/mol. The van der Waals surface area contributed by atoms with Crippen LogP contribution in [0.25, 0.3) is 0 Å². The number of nitrogen functional groups attached to an aromatic ring is 1. The summed E-state index contributed by atoms with van der Waals surface area (Å²) in [5.41, 5.74) is 6.88. The molecule has 2 aromatic rings. The zero-order valence-corrected chi connectivity index (χ0v) is 13.7. The van der Waals surface area contributed by atoms with Crippen molar-refractivity contribution in [2.45, 2.75) is 25.3 Å². The lowest BCUT2D eigenvalue weighted by molar-refractivity contribution is -0.274. The molecular weight excluding hydrogens is 351 g/mol. The van der Waals surface area contributed by atoms with E-state index >= 15 is 0 Å². The largest absolute Gasteiger partial charge is 0.573 e. The molecule has 140 valence electrons. The van der Waals surface area contributed by atoms with Crippen LogP contribution in [-0.2, 0) is 4.74 Å². The third-order valence-corrected chi connectivity index (χ3v) is 3.76. The molecule has 0 aliphatic carbocycles. The maximum atomic E-state index is 12.2. The summed E-state index contributed by atoms with van der Waals surface area (Å²) < 4.78 is 45.9. The summed E-state index contributed by atoms with van der Waals surface area (Å²) in [6.45, 7) is 1.34. The Hall–Kier alpha value is -2.75. The number of hydrogen-bond acceptors (Lipinski definition) is 7. The minimum absolute atomic E-state index is 0.127. The molecule has 3 rings (SSSR count). The van der Waals surface area contributed by atoms with Gasteiger partial charge in [-0.15, -0.1) is 13.2 Å². The van der Waals surface area contributed by atoms with Crippen molar-refractivity contribution in [2.75, 3.05) is 29.5 Å². The maximum Gasteiger partial charge on any atom is 0.573 e. The monoisotopic (exact) mass is 369 g/mol. The fraction of sp³-hybridized carbons (Fsp3) is 0.375.